The summed E-state index contributed by atoms with van der Waals surface area (Å²) in [6, 6.07) is 14.2. The molecule has 0 aliphatic carbocycles. The summed E-state index contributed by atoms with van der Waals surface area (Å²) in [7, 11) is 0. The molecule has 0 aliphatic rings. The van der Waals surface area contributed by atoms with E-state index < -0.39 is 5.97 Å². The Bertz CT molecular complexity index is 1550. The fraction of sp³-hybridized carbons (Fsp3) is 0.353. The van der Waals surface area contributed by atoms with Gasteiger partial charge in [-0.05, 0) is 69.2 Å². The monoisotopic (exact) mass is 648 g/mol. The van der Waals surface area contributed by atoms with E-state index in [0.29, 0.717) is 55.9 Å². The smallest absolute Gasteiger partial charge is 0.339 e. The molecule has 0 spiro atoms. The second-order valence-corrected chi connectivity index (χ2v) is 10.9. The third kappa shape index (κ3) is 11.4. The minimum Gasteiger partial charge on any atom is -0.507 e. The van der Waals surface area contributed by atoms with Crippen molar-refractivity contribution in [2.75, 3.05) is 31.1 Å². The number of amidine groups is 1. The van der Waals surface area contributed by atoms with Crippen LogP contribution in [0.3, 0.4) is 0 Å². The Morgan fingerprint density at radius 2 is 1.57 bits per heavy atom. The van der Waals surface area contributed by atoms with E-state index in [4.69, 9.17) is 15.9 Å². The summed E-state index contributed by atoms with van der Waals surface area (Å²) in [6.07, 6.45) is 4.24. The van der Waals surface area contributed by atoms with Gasteiger partial charge < -0.3 is 41.3 Å². The van der Waals surface area contributed by atoms with Gasteiger partial charge in [0.05, 0.1) is 0 Å². The molecule has 0 atom stereocenters. The second kappa shape index (κ2) is 17.9. The van der Waals surface area contributed by atoms with Gasteiger partial charge in [0.2, 0.25) is 11.8 Å². The number of amides is 2. The van der Waals surface area contributed by atoms with Crippen LogP contribution in [0.1, 0.15) is 57.1 Å². The van der Waals surface area contributed by atoms with E-state index in [1.54, 1.807) is 49.4 Å². The summed E-state index contributed by atoms with van der Waals surface area (Å²) in [4.78, 5) is 38.9. The summed E-state index contributed by atoms with van der Waals surface area (Å²) in [5.41, 5.74) is 7.48. The van der Waals surface area contributed by atoms with Crippen LogP contribution in [0.15, 0.2) is 60.2 Å². The van der Waals surface area contributed by atoms with Crippen LogP contribution in [-0.2, 0) is 20.9 Å². The van der Waals surface area contributed by atoms with Gasteiger partial charge in [-0.3, -0.25) is 19.6 Å². The standard InChI is InChI=1S/C34H44N6O7/c1-3-39(20-18-38-29(42)7-5-4-6-17-37-30(43)16-19-40-31(44)14-15-32(40)45)26-11-8-25(28(41)22-26)21-23(2)34(46)47-27-12-9-24(10-13-27)33(35)36/h8-15,21-22,41,44-45H,3-7,16-20H2,1-2H3,(H3,35,36)(H,37,43)(H,38,42). The molecule has 0 aliphatic heterocycles. The maximum absolute atomic E-state index is 12.5. The number of phenols is 1. The van der Waals surface area contributed by atoms with Crippen molar-refractivity contribution in [2.45, 2.75) is 52.5 Å². The van der Waals surface area contributed by atoms with Crippen molar-refractivity contribution < 1.29 is 34.4 Å². The number of benzene rings is 2. The highest BCUT2D eigenvalue weighted by Gasteiger charge is 2.13. The summed E-state index contributed by atoms with van der Waals surface area (Å²) in [5, 5.41) is 43.1. The quantitative estimate of drug-likeness (QED) is 0.0268. The first-order chi connectivity index (χ1) is 22.5. The molecule has 0 saturated carbocycles. The van der Waals surface area contributed by atoms with Gasteiger partial charge in [0, 0.05) is 86.2 Å². The summed E-state index contributed by atoms with van der Waals surface area (Å²) < 4.78 is 6.62. The number of nitrogens with one attached hydrogen (secondary N) is 3. The van der Waals surface area contributed by atoms with E-state index in [9.17, 15) is 29.7 Å². The van der Waals surface area contributed by atoms with Gasteiger partial charge in [0.1, 0.15) is 17.3 Å². The fourth-order valence-corrected chi connectivity index (χ4v) is 4.71. The normalized spacial score (nSPS) is 11.1. The minimum absolute atomic E-state index is 0.00127. The highest BCUT2D eigenvalue weighted by molar-refractivity contribution is 5.96. The lowest BCUT2D eigenvalue weighted by atomic mass is 10.1. The second-order valence-electron chi connectivity index (χ2n) is 10.9. The molecule has 2 aromatic carbocycles. The van der Waals surface area contributed by atoms with Gasteiger partial charge in [-0.25, -0.2) is 4.79 Å². The van der Waals surface area contributed by atoms with Crippen LogP contribution < -0.4 is 26.0 Å². The number of anilines is 1. The number of aromatic nitrogens is 1. The minimum atomic E-state index is -0.578. The number of nitrogens with zero attached hydrogens (tertiary/aromatic N) is 2. The topological polar surface area (TPSA) is 203 Å². The molecule has 0 radical (unpaired) electrons. The van der Waals surface area contributed by atoms with E-state index in [-0.39, 0.29) is 53.7 Å². The number of esters is 1. The largest absolute Gasteiger partial charge is 0.507 e. The molecule has 13 heteroatoms. The summed E-state index contributed by atoms with van der Waals surface area (Å²) >= 11 is 0. The lowest BCUT2D eigenvalue weighted by Crippen LogP contribution is -2.34. The number of likely N-dealkylation sites (N-methyl/N-ethyl adjacent to an activating group) is 1. The van der Waals surface area contributed by atoms with Crippen LogP contribution in [0.4, 0.5) is 5.69 Å². The maximum atomic E-state index is 12.5. The number of rotatable bonds is 18. The molecule has 2 amide bonds. The lowest BCUT2D eigenvalue weighted by molar-refractivity contribution is -0.130. The molecular formula is C34H44N6O7. The Morgan fingerprint density at radius 1 is 0.915 bits per heavy atom. The summed E-state index contributed by atoms with van der Waals surface area (Å²) in [6.45, 7) is 5.84. The number of hydrogen-bond acceptors (Lipinski definition) is 9. The Morgan fingerprint density at radius 3 is 2.21 bits per heavy atom. The van der Waals surface area contributed by atoms with Gasteiger partial charge >= 0.3 is 5.97 Å². The number of unbranched alkanes of at least 4 members (excludes halogenated alkanes) is 2. The number of ether oxygens (including phenoxy) is 1. The summed E-state index contributed by atoms with van der Waals surface area (Å²) in [5.74, 6) is -0.778. The average molecular weight is 649 g/mol. The van der Waals surface area contributed by atoms with E-state index in [0.717, 1.165) is 18.5 Å². The first kappa shape index (κ1) is 36.0. The zero-order valence-corrected chi connectivity index (χ0v) is 26.8. The molecule has 252 valence electrons. The number of nitrogens with two attached hydrogens (primary N) is 1. The molecule has 47 heavy (non-hydrogen) atoms. The molecule has 0 bridgehead atoms. The number of aromatic hydroxyl groups is 3. The SMILES string of the molecule is CCN(CCNC(=O)CCCCCNC(=O)CCn1c(O)ccc1O)c1ccc(C=C(C)C(=O)Oc2ccc(C(=N)N)cc2)c(O)c1. The Kier molecular flexibility index (Phi) is 13.7. The first-order valence-electron chi connectivity index (χ1n) is 15.5. The van der Waals surface area contributed by atoms with Crippen molar-refractivity contribution in [2.24, 2.45) is 5.73 Å². The zero-order chi connectivity index (χ0) is 34.3. The Balaban J connectivity index is 1.35. The van der Waals surface area contributed by atoms with E-state index >= 15 is 0 Å². The fourth-order valence-electron chi connectivity index (χ4n) is 4.71. The van der Waals surface area contributed by atoms with Gasteiger partial charge in [-0.15, -0.1) is 0 Å². The first-order valence-corrected chi connectivity index (χ1v) is 15.5. The van der Waals surface area contributed by atoms with E-state index in [1.807, 2.05) is 17.9 Å². The predicted octanol–water partition coefficient (Wildman–Crippen LogP) is 3.61. The highest BCUT2D eigenvalue weighted by Crippen LogP contribution is 2.27. The Labute approximate surface area is 274 Å². The van der Waals surface area contributed by atoms with Crippen LogP contribution in [0.25, 0.3) is 6.08 Å². The van der Waals surface area contributed by atoms with E-state index in [1.165, 1.54) is 16.7 Å². The predicted molar refractivity (Wildman–Crippen MR) is 180 cm³/mol. The molecule has 0 fully saturated rings. The molecule has 0 unspecified atom stereocenters. The number of hydrogen-bond donors (Lipinski definition) is 7. The van der Waals surface area contributed by atoms with Crippen LogP contribution in [0, 0.1) is 5.41 Å². The molecule has 1 heterocycles. The van der Waals surface area contributed by atoms with Gasteiger partial charge in [0.15, 0.2) is 11.8 Å². The molecule has 3 aromatic rings. The van der Waals surface area contributed by atoms with Crippen molar-refractivity contribution in [3.63, 3.8) is 0 Å². The highest BCUT2D eigenvalue weighted by atomic mass is 16.5. The van der Waals surface area contributed by atoms with Crippen LogP contribution >= 0.6 is 0 Å². The van der Waals surface area contributed by atoms with Crippen molar-refractivity contribution >= 4 is 35.4 Å². The number of carbonyl (C=O) groups excluding carboxylic acids is 3. The van der Waals surface area contributed by atoms with Gasteiger partial charge in [-0.2, -0.15) is 0 Å². The van der Waals surface area contributed by atoms with Crippen molar-refractivity contribution in [3.8, 4) is 23.3 Å². The van der Waals surface area contributed by atoms with Crippen molar-refractivity contribution in [1.82, 2.24) is 15.2 Å². The number of nitrogen functional groups attached to an aromatic ring is 1. The average Bonchev–Trinajstić information content (AvgIpc) is 3.37. The van der Waals surface area contributed by atoms with Gasteiger partial charge in [-0.1, -0.05) is 6.42 Å². The van der Waals surface area contributed by atoms with Gasteiger partial charge in [0.25, 0.3) is 0 Å². The van der Waals surface area contributed by atoms with Crippen molar-refractivity contribution in [1.29, 1.82) is 5.41 Å². The zero-order valence-electron chi connectivity index (χ0n) is 26.8. The van der Waals surface area contributed by atoms with E-state index in [2.05, 4.69) is 10.6 Å². The molecule has 0 saturated heterocycles. The lowest BCUT2D eigenvalue weighted by Gasteiger charge is -2.24. The van der Waals surface area contributed by atoms with Crippen LogP contribution in [0.5, 0.6) is 23.3 Å². The molecule has 13 nitrogen and oxygen atoms in total. The number of phenolic OH excluding ortho intramolecular Hbond substituents is 1. The molecule has 1 aromatic heterocycles. The maximum Gasteiger partial charge on any atom is 0.339 e. The van der Waals surface area contributed by atoms with Crippen molar-refractivity contribution in [3.05, 3.63) is 71.3 Å². The Hall–Kier alpha value is -5.46. The third-order valence-electron chi connectivity index (χ3n) is 7.43. The van der Waals surface area contributed by atoms with Crippen LogP contribution in [0.2, 0.25) is 0 Å². The number of carbonyl (C=O) groups is 3. The third-order valence-corrected chi connectivity index (χ3v) is 7.43. The molecule has 8 N–H and O–H groups in total. The molecular weight excluding hydrogens is 604 g/mol. The molecule has 3 rings (SSSR count). The van der Waals surface area contributed by atoms with Crippen LogP contribution in [-0.4, -0.2) is 69.7 Å².